The van der Waals surface area contributed by atoms with Crippen molar-refractivity contribution in [2.45, 2.75) is 107 Å². The quantitative estimate of drug-likeness (QED) is 0.511. The van der Waals surface area contributed by atoms with Crippen LogP contribution < -0.4 is 5.32 Å². The number of carbonyl (C=O) groups is 1. The molecule has 0 amide bonds. The molecule has 6 nitrogen and oxygen atoms in total. The van der Waals surface area contributed by atoms with E-state index in [0.29, 0.717) is 17.5 Å². The first kappa shape index (κ1) is 26.7. The predicted octanol–water partition coefficient (Wildman–Crippen LogP) is 5.43. The SMILES string of the molecule is CN1CCCC1CCNC1C(F)CC2C(=O)C(c3nc4ccccc4s3)=CN3C4CC5CCCCC5CC4OC1C23. The van der Waals surface area contributed by atoms with Crippen LogP contribution in [0.5, 0.6) is 0 Å². The average molecular weight is 579 g/mol. The van der Waals surface area contributed by atoms with Crippen LogP contribution in [0.4, 0.5) is 4.39 Å². The van der Waals surface area contributed by atoms with Gasteiger partial charge in [0, 0.05) is 18.2 Å². The van der Waals surface area contributed by atoms with Gasteiger partial charge >= 0.3 is 0 Å². The van der Waals surface area contributed by atoms with Gasteiger partial charge in [-0.1, -0.05) is 37.8 Å². The Balaban J connectivity index is 1.13. The summed E-state index contributed by atoms with van der Waals surface area (Å²) in [5.41, 5.74) is 1.61. The van der Waals surface area contributed by atoms with E-state index in [-0.39, 0.29) is 42.5 Å². The highest BCUT2D eigenvalue weighted by molar-refractivity contribution is 7.19. The zero-order valence-corrected chi connectivity index (χ0v) is 24.9. The second-order valence-electron chi connectivity index (χ2n) is 13.7. The van der Waals surface area contributed by atoms with Gasteiger partial charge in [-0.2, -0.15) is 0 Å². The fraction of sp³-hybridized carbons (Fsp3) is 0.697. The Morgan fingerprint density at radius 3 is 2.73 bits per heavy atom. The van der Waals surface area contributed by atoms with Crippen molar-refractivity contribution in [3.8, 4) is 0 Å². The predicted molar refractivity (Wildman–Crippen MR) is 160 cm³/mol. The molecule has 1 aromatic heterocycles. The number of carbonyl (C=O) groups excluding carboxylic acids is 1. The summed E-state index contributed by atoms with van der Waals surface area (Å²) in [6.45, 7) is 1.94. The Kier molecular flexibility index (Phi) is 6.97. The maximum absolute atomic E-state index is 16.2. The third-order valence-corrected chi connectivity index (χ3v) is 12.6. The summed E-state index contributed by atoms with van der Waals surface area (Å²) in [5, 5.41) is 4.41. The van der Waals surface area contributed by atoms with Crippen LogP contribution in [0.2, 0.25) is 0 Å². The maximum Gasteiger partial charge on any atom is 0.172 e. The van der Waals surface area contributed by atoms with Crippen LogP contribution in [-0.4, -0.2) is 83.3 Å². The number of fused-ring (bicyclic) bond motifs is 4. The third-order valence-electron chi connectivity index (χ3n) is 11.5. The molecule has 3 saturated carbocycles. The standard InChI is InChI=1S/C33H43FN4O2S/c1-37-14-6-9-21(37)12-13-35-29-24(34)17-22-30-32(29)40-27-16-20-8-3-2-7-19(20)15-26(27)38(30)18-23(31(22)39)33-36-25-10-4-5-11-28(25)41-33/h4-5,10-11,18-22,24,26-27,29-30,32,35H,2-3,6-9,12-17H2,1H3. The summed E-state index contributed by atoms with van der Waals surface area (Å²) in [4.78, 5) is 24.0. The van der Waals surface area contributed by atoms with Gasteiger partial charge in [0.2, 0.25) is 0 Å². The molecule has 2 aromatic rings. The molecule has 1 N–H and O–H groups in total. The van der Waals surface area contributed by atoms with Gasteiger partial charge in [-0.25, -0.2) is 9.37 Å². The molecule has 0 radical (unpaired) electrons. The number of alkyl halides is 1. The lowest BCUT2D eigenvalue weighted by Gasteiger charge is -2.61. The van der Waals surface area contributed by atoms with E-state index in [9.17, 15) is 4.79 Å². The van der Waals surface area contributed by atoms with E-state index in [4.69, 9.17) is 9.72 Å². The third kappa shape index (κ3) is 4.59. The Morgan fingerprint density at radius 1 is 1.10 bits per heavy atom. The lowest BCUT2D eigenvalue weighted by molar-refractivity contribution is -0.207. The Hall–Kier alpha value is -1.87. The number of para-hydroxylation sites is 1. The highest BCUT2D eigenvalue weighted by Crippen LogP contribution is 2.51. The number of hydrogen-bond donors (Lipinski definition) is 1. The van der Waals surface area contributed by atoms with Gasteiger partial charge in [-0.3, -0.25) is 4.79 Å². The number of thiazole rings is 1. The van der Waals surface area contributed by atoms with E-state index in [1.54, 1.807) is 11.3 Å². The Bertz CT molecular complexity index is 1300. The molecule has 4 heterocycles. The number of morpholine rings is 1. The lowest BCUT2D eigenvalue weighted by Crippen LogP contribution is -2.73. The molecule has 1 aromatic carbocycles. The lowest BCUT2D eigenvalue weighted by atomic mass is 9.65. The first-order valence-electron chi connectivity index (χ1n) is 16.2. The zero-order valence-electron chi connectivity index (χ0n) is 24.1. The van der Waals surface area contributed by atoms with E-state index in [1.165, 1.54) is 38.5 Å². The number of ether oxygens (including phenoxy) is 1. The van der Waals surface area contributed by atoms with Gasteiger partial charge < -0.3 is 19.9 Å². The number of ketones is 1. The average Bonchev–Trinajstić information content (AvgIpc) is 3.60. The fourth-order valence-corrected chi connectivity index (χ4v) is 10.4. The number of aromatic nitrogens is 1. The molecule has 2 saturated heterocycles. The Labute approximate surface area is 246 Å². The molecule has 3 aliphatic carbocycles. The molecular weight excluding hydrogens is 535 g/mol. The van der Waals surface area contributed by atoms with Gasteiger partial charge in [0.15, 0.2) is 5.78 Å². The van der Waals surface area contributed by atoms with Gasteiger partial charge in [-0.15, -0.1) is 11.3 Å². The van der Waals surface area contributed by atoms with Crippen molar-refractivity contribution in [2.24, 2.45) is 17.8 Å². The van der Waals surface area contributed by atoms with Gasteiger partial charge in [-0.05, 0) is 82.6 Å². The Morgan fingerprint density at radius 2 is 1.93 bits per heavy atom. The number of nitrogens with zero attached hydrogens (tertiary/aromatic N) is 3. The summed E-state index contributed by atoms with van der Waals surface area (Å²) in [6, 6.07) is 8.42. The monoisotopic (exact) mass is 578 g/mol. The topological polar surface area (TPSA) is 57.7 Å². The minimum absolute atomic E-state index is 0.0531. The van der Waals surface area contributed by atoms with Crippen molar-refractivity contribution in [1.29, 1.82) is 0 Å². The molecular formula is C33H43FN4O2S. The maximum atomic E-state index is 16.2. The second kappa shape index (κ2) is 10.7. The molecule has 8 heteroatoms. The van der Waals surface area contributed by atoms with Gasteiger partial charge in [0.05, 0.1) is 46.1 Å². The zero-order chi connectivity index (χ0) is 27.7. The molecule has 220 valence electrons. The summed E-state index contributed by atoms with van der Waals surface area (Å²) in [6.07, 6.45) is 12.0. The molecule has 0 bridgehead atoms. The van der Waals surface area contributed by atoms with Crippen LogP contribution in [0, 0.1) is 17.8 Å². The molecule has 6 aliphatic rings. The number of likely N-dealkylation sites (tertiary alicyclic amines) is 1. The van der Waals surface area contributed by atoms with Crippen molar-refractivity contribution in [2.75, 3.05) is 20.1 Å². The smallest absolute Gasteiger partial charge is 0.172 e. The first-order valence-corrected chi connectivity index (χ1v) is 17.0. The van der Waals surface area contributed by atoms with E-state index in [0.717, 1.165) is 53.5 Å². The molecule has 8 rings (SSSR count). The number of benzene rings is 1. The fourth-order valence-electron chi connectivity index (χ4n) is 9.43. The van der Waals surface area contributed by atoms with Crippen LogP contribution in [0.15, 0.2) is 30.5 Å². The minimum Gasteiger partial charge on any atom is -0.369 e. The number of nitrogens with one attached hydrogen (secondary N) is 1. The molecule has 10 atom stereocenters. The van der Waals surface area contributed by atoms with Crippen LogP contribution in [0.3, 0.4) is 0 Å². The molecule has 0 spiro atoms. The van der Waals surface area contributed by atoms with Crippen LogP contribution in [0.1, 0.15) is 69.2 Å². The van der Waals surface area contributed by atoms with Crippen molar-refractivity contribution >= 4 is 32.9 Å². The van der Waals surface area contributed by atoms with Crippen LogP contribution in [0.25, 0.3) is 15.8 Å². The highest BCUT2D eigenvalue weighted by atomic mass is 32.1. The van der Waals surface area contributed by atoms with Crippen LogP contribution >= 0.6 is 11.3 Å². The summed E-state index contributed by atoms with van der Waals surface area (Å²) < 4.78 is 24.3. The van der Waals surface area contributed by atoms with Crippen molar-refractivity contribution < 1.29 is 13.9 Å². The van der Waals surface area contributed by atoms with Gasteiger partial charge in [0.25, 0.3) is 0 Å². The van der Waals surface area contributed by atoms with Crippen molar-refractivity contribution in [3.05, 3.63) is 35.5 Å². The minimum atomic E-state index is -1.11. The van der Waals surface area contributed by atoms with Gasteiger partial charge in [0.1, 0.15) is 11.2 Å². The van der Waals surface area contributed by atoms with E-state index in [1.807, 2.05) is 18.2 Å². The van der Waals surface area contributed by atoms with E-state index >= 15 is 4.39 Å². The van der Waals surface area contributed by atoms with E-state index < -0.39 is 12.1 Å². The molecule has 5 fully saturated rings. The van der Waals surface area contributed by atoms with E-state index in [2.05, 4.69) is 34.4 Å². The normalized spacial score (nSPS) is 40.7. The summed E-state index contributed by atoms with van der Waals surface area (Å²) >= 11 is 1.58. The number of hydrogen-bond acceptors (Lipinski definition) is 7. The molecule has 41 heavy (non-hydrogen) atoms. The van der Waals surface area contributed by atoms with Crippen LogP contribution in [-0.2, 0) is 9.53 Å². The summed E-state index contributed by atoms with van der Waals surface area (Å²) in [7, 11) is 2.20. The number of Topliss-reactive ketones (excluding diaryl/α,β-unsaturated/α-hetero) is 1. The first-order chi connectivity index (χ1) is 20.0. The highest BCUT2D eigenvalue weighted by Gasteiger charge is 2.59. The largest absolute Gasteiger partial charge is 0.369 e. The van der Waals surface area contributed by atoms with Crippen molar-refractivity contribution in [3.63, 3.8) is 0 Å². The second-order valence-corrected chi connectivity index (χ2v) is 14.7. The number of allylic oxidation sites excluding steroid dienone is 1. The molecule has 3 aliphatic heterocycles. The summed E-state index contributed by atoms with van der Waals surface area (Å²) in [5.74, 6) is 1.10. The number of halogens is 1. The van der Waals surface area contributed by atoms with Crippen molar-refractivity contribution in [1.82, 2.24) is 20.1 Å². The molecule has 10 unspecified atom stereocenters. The number of rotatable bonds is 5.